The summed E-state index contributed by atoms with van der Waals surface area (Å²) in [5.74, 6) is 0.0740. The summed E-state index contributed by atoms with van der Waals surface area (Å²) in [6.45, 7) is 8.32. The zero-order valence-electron chi connectivity index (χ0n) is 25.6. The maximum atomic E-state index is 13.3. The molecule has 2 heteroatoms. The summed E-state index contributed by atoms with van der Waals surface area (Å²) in [7, 11) is 0. The quantitative estimate of drug-likeness (QED) is 0.0641. The first kappa shape index (κ1) is 32.0. The Kier molecular flexibility index (Phi) is 13.9. The van der Waals surface area contributed by atoms with E-state index in [1.54, 1.807) is 0 Å². The van der Waals surface area contributed by atoms with Crippen molar-refractivity contribution in [3.63, 3.8) is 0 Å². The Bertz CT molecular complexity index is 1070. The predicted molar refractivity (Wildman–Crippen MR) is 171 cm³/mol. The van der Waals surface area contributed by atoms with Crippen molar-refractivity contribution in [2.75, 3.05) is 0 Å². The first-order valence-electron chi connectivity index (χ1n) is 16.5. The van der Waals surface area contributed by atoms with Gasteiger partial charge in [-0.3, -0.25) is 9.59 Å². The number of rotatable bonds is 22. The van der Waals surface area contributed by atoms with Crippen molar-refractivity contribution in [1.82, 2.24) is 0 Å². The lowest BCUT2D eigenvalue weighted by Crippen LogP contribution is -2.26. The number of hydrogen-bond acceptors (Lipinski definition) is 2. The number of benzene rings is 2. The van der Waals surface area contributed by atoms with E-state index in [0.717, 1.165) is 32.1 Å². The van der Waals surface area contributed by atoms with Crippen LogP contribution in [0.15, 0.2) is 55.1 Å². The van der Waals surface area contributed by atoms with Crippen LogP contribution >= 0.6 is 0 Å². The molecule has 2 aromatic carbocycles. The molecule has 0 radical (unpaired) electrons. The molecule has 0 amide bonds. The molecule has 0 aromatic heterocycles. The number of ketones is 2. The fourth-order valence-corrected chi connectivity index (χ4v) is 6.69. The largest absolute Gasteiger partial charge is 0.299 e. The highest BCUT2D eigenvalue weighted by atomic mass is 16.1. The number of carbonyl (C=O) groups is 2. The molecule has 0 atom stereocenters. The Morgan fingerprint density at radius 1 is 0.700 bits per heavy atom. The first-order chi connectivity index (χ1) is 19.6. The highest BCUT2D eigenvalue weighted by molar-refractivity contribution is 6.08. The smallest absolute Gasteiger partial charge is 0.170 e. The van der Waals surface area contributed by atoms with Gasteiger partial charge in [-0.15, -0.1) is 6.58 Å². The number of fused-ring (bicyclic) bond motifs is 3. The summed E-state index contributed by atoms with van der Waals surface area (Å²) in [5, 5.41) is 0. The van der Waals surface area contributed by atoms with Gasteiger partial charge < -0.3 is 0 Å². The van der Waals surface area contributed by atoms with E-state index in [1.807, 2.05) is 12.1 Å². The third-order valence-corrected chi connectivity index (χ3v) is 8.98. The van der Waals surface area contributed by atoms with Gasteiger partial charge in [0.2, 0.25) is 0 Å². The molecule has 2 nitrogen and oxygen atoms in total. The Morgan fingerprint density at radius 2 is 1.30 bits per heavy atom. The van der Waals surface area contributed by atoms with Crippen LogP contribution in [0.2, 0.25) is 0 Å². The van der Waals surface area contributed by atoms with Crippen LogP contribution in [0, 0.1) is 0 Å². The van der Waals surface area contributed by atoms with Crippen molar-refractivity contribution < 1.29 is 9.59 Å². The number of hydrogen-bond donors (Lipinski definition) is 0. The monoisotopic (exact) mass is 542 g/mol. The molecule has 0 bridgehead atoms. The second-order valence-electron chi connectivity index (χ2n) is 12.1. The van der Waals surface area contributed by atoms with Crippen LogP contribution in [-0.2, 0) is 10.2 Å². The molecular formula is C38H54O2. The number of allylic oxidation sites excluding steroid dienone is 1. The van der Waals surface area contributed by atoms with Crippen LogP contribution in [0.1, 0.15) is 157 Å². The maximum Gasteiger partial charge on any atom is 0.170 e. The van der Waals surface area contributed by atoms with Crippen LogP contribution in [0.4, 0.5) is 0 Å². The average molecular weight is 543 g/mol. The van der Waals surface area contributed by atoms with Crippen LogP contribution in [-0.4, -0.2) is 11.6 Å². The SMILES string of the molecule is C=CCCCCCCCCC(=O)CC(=O)c1ccc2c(c1)C(CCCCCC)(CCCCCC)c1ccccc1-2. The Balaban J connectivity index is 1.72. The van der Waals surface area contributed by atoms with Crippen molar-refractivity contribution in [3.8, 4) is 11.1 Å². The minimum absolute atomic E-state index is 0.0148. The minimum atomic E-state index is -0.0284. The Labute approximate surface area is 245 Å². The van der Waals surface area contributed by atoms with Gasteiger partial charge in [-0.25, -0.2) is 0 Å². The molecule has 0 saturated heterocycles. The number of Topliss-reactive ketones (excluding diaryl/α,β-unsaturated/α-hetero) is 2. The van der Waals surface area contributed by atoms with E-state index in [4.69, 9.17) is 0 Å². The standard InChI is InChI=1S/C38H54O2/c1-4-7-10-13-14-15-16-17-22-32(39)30-37(40)31-25-26-34-33-23-18-19-24-35(33)38(36(34)29-31,27-20-11-8-5-2)28-21-12-9-6-3/h4,18-19,23-26,29H,1,5-17,20-22,27-28,30H2,2-3H3. The third kappa shape index (κ3) is 8.76. The van der Waals surface area contributed by atoms with Crippen molar-refractivity contribution in [2.45, 2.75) is 141 Å². The summed E-state index contributed by atoms with van der Waals surface area (Å²) >= 11 is 0. The van der Waals surface area contributed by atoms with Crippen LogP contribution in [0.5, 0.6) is 0 Å². The van der Waals surface area contributed by atoms with Crippen molar-refractivity contribution in [1.29, 1.82) is 0 Å². The zero-order chi connectivity index (χ0) is 28.6. The lowest BCUT2D eigenvalue weighted by Gasteiger charge is -2.33. The van der Waals surface area contributed by atoms with Gasteiger partial charge in [0.25, 0.3) is 0 Å². The van der Waals surface area contributed by atoms with E-state index in [1.165, 1.54) is 99.3 Å². The molecule has 0 saturated carbocycles. The van der Waals surface area contributed by atoms with Crippen molar-refractivity contribution >= 4 is 11.6 Å². The fourth-order valence-electron chi connectivity index (χ4n) is 6.69. The topological polar surface area (TPSA) is 34.1 Å². The summed E-state index contributed by atoms with van der Waals surface area (Å²) in [5.41, 5.74) is 6.09. The maximum absolute atomic E-state index is 13.3. The molecule has 0 heterocycles. The van der Waals surface area contributed by atoms with E-state index in [-0.39, 0.29) is 23.4 Å². The highest BCUT2D eigenvalue weighted by Gasteiger charge is 2.42. The number of carbonyl (C=O) groups excluding carboxylic acids is 2. The predicted octanol–water partition coefficient (Wildman–Crippen LogP) is 11.3. The molecule has 0 spiro atoms. The van der Waals surface area contributed by atoms with Gasteiger partial charge >= 0.3 is 0 Å². The van der Waals surface area contributed by atoms with Gasteiger partial charge in [-0.2, -0.15) is 0 Å². The second kappa shape index (κ2) is 17.4. The molecule has 0 unspecified atom stereocenters. The Hall–Kier alpha value is -2.48. The minimum Gasteiger partial charge on any atom is -0.299 e. The third-order valence-electron chi connectivity index (χ3n) is 8.98. The summed E-state index contributed by atoms with van der Waals surface area (Å²) < 4.78 is 0. The van der Waals surface area contributed by atoms with Gasteiger partial charge in [0, 0.05) is 17.4 Å². The fraction of sp³-hybridized carbons (Fsp3) is 0.579. The Morgan fingerprint density at radius 3 is 1.98 bits per heavy atom. The van der Waals surface area contributed by atoms with Crippen molar-refractivity contribution in [3.05, 3.63) is 71.8 Å². The summed E-state index contributed by atoms with van der Waals surface area (Å²) in [4.78, 5) is 26.1. The molecule has 3 rings (SSSR count). The molecule has 0 N–H and O–H groups in total. The van der Waals surface area contributed by atoms with E-state index < -0.39 is 0 Å². The molecule has 1 aliphatic rings. The molecule has 0 aliphatic heterocycles. The average Bonchev–Trinajstić information content (AvgIpc) is 3.24. The summed E-state index contributed by atoms with van der Waals surface area (Å²) in [6.07, 6.45) is 22.6. The van der Waals surface area contributed by atoms with Gasteiger partial charge in [0.1, 0.15) is 5.78 Å². The molecule has 1 aliphatic carbocycles. The molecular weight excluding hydrogens is 488 g/mol. The number of unbranched alkanes of at least 4 members (excludes halogenated alkanes) is 12. The van der Waals surface area contributed by atoms with E-state index in [2.05, 4.69) is 56.8 Å². The van der Waals surface area contributed by atoms with Crippen LogP contribution in [0.3, 0.4) is 0 Å². The molecule has 2 aromatic rings. The lowest BCUT2D eigenvalue weighted by atomic mass is 9.70. The van der Waals surface area contributed by atoms with Crippen molar-refractivity contribution in [2.24, 2.45) is 0 Å². The normalized spacial score (nSPS) is 13.2. The van der Waals surface area contributed by atoms with E-state index in [0.29, 0.717) is 12.0 Å². The molecule has 0 fully saturated rings. The van der Waals surface area contributed by atoms with E-state index in [9.17, 15) is 9.59 Å². The summed E-state index contributed by atoms with van der Waals surface area (Å²) in [6, 6.07) is 15.2. The zero-order valence-corrected chi connectivity index (χ0v) is 25.6. The van der Waals surface area contributed by atoms with Gasteiger partial charge in [0.15, 0.2) is 5.78 Å². The second-order valence-corrected chi connectivity index (χ2v) is 12.1. The molecule has 40 heavy (non-hydrogen) atoms. The lowest BCUT2D eigenvalue weighted by molar-refractivity contribution is -0.118. The first-order valence-corrected chi connectivity index (χ1v) is 16.5. The van der Waals surface area contributed by atoms with Crippen LogP contribution < -0.4 is 0 Å². The molecule has 218 valence electrons. The van der Waals surface area contributed by atoms with Crippen LogP contribution in [0.25, 0.3) is 11.1 Å². The van der Waals surface area contributed by atoms with Gasteiger partial charge in [-0.05, 0) is 60.4 Å². The van der Waals surface area contributed by atoms with E-state index >= 15 is 0 Å². The van der Waals surface area contributed by atoms with Gasteiger partial charge in [0.05, 0.1) is 6.42 Å². The highest BCUT2D eigenvalue weighted by Crippen LogP contribution is 2.54. The van der Waals surface area contributed by atoms with Gasteiger partial charge in [-0.1, -0.05) is 133 Å².